The number of hydrogen-bond donors (Lipinski definition) is 1. The first-order chi connectivity index (χ1) is 7.56. The van der Waals surface area contributed by atoms with Gasteiger partial charge in [0.25, 0.3) is 0 Å². The van der Waals surface area contributed by atoms with Crippen LogP contribution in [0, 0.1) is 0 Å². The maximum atomic E-state index is 3.18. The lowest BCUT2D eigenvalue weighted by Gasteiger charge is -2.30. The van der Waals surface area contributed by atoms with Gasteiger partial charge in [-0.3, -0.25) is 0 Å². The number of likely N-dealkylation sites (N-methyl/N-ethyl adjacent to an activating group) is 2. The van der Waals surface area contributed by atoms with Gasteiger partial charge in [-0.15, -0.1) is 0 Å². The van der Waals surface area contributed by atoms with Gasteiger partial charge in [-0.25, -0.2) is 0 Å². The fraction of sp³-hybridized carbons (Fsp3) is 0.571. The minimum atomic E-state index is 0.212. The van der Waals surface area contributed by atoms with Crippen LogP contribution in [0.15, 0.2) is 30.3 Å². The van der Waals surface area contributed by atoms with Gasteiger partial charge in [-0.05, 0) is 19.7 Å². The van der Waals surface area contributed by atoms with E-state index in [1.165, 1.54) is 5.56 Å². The van der Waals surface area contributed by atoms with Gasteiger partial charge in [-0.1, -0.05) is 44.2 Å². The van der Waals surface area contributed by atoms with E-state index in [0.29, 0.717) is 0 Å². The molecule has 0 unspecified atom stereocenters. The Morgan fingerprint density at radius 3 is 2.38 bits per heavy atom. The van der Waals surface area contributed by atoms with Gasteiger partial charge in [0.1, 0.15) is 0 Å². The highest BCUT2D eigenvalue weighted by Gasteiger charge is 2.21. The van der Waals surface area contributed by atoms with E-state index >= 15 is 0 Å². The van der Waals surface area contributed by atoms with Crippen LogP contribution < -0.4 is 5.32 Å². The molecule has 0 bridgehead atoms. The Labute approximate surface area is 99.7 Å². The van der Waals surface area contributed by atoms with Crippen molar-refractivity contribution in [2.24, 2.45) is 0 Å². The molecule has 2 heteroatoms. The van der Waals surface area contributed by atoms with Crippen molar-refractivity contribution in [2.75, 3.05) is 33.7 Å². The molecule has 0 spiro atoms. The normalized spacial score (nSPS) is 12.1. The molecule has 0 atom stereocenters. The average molecular weight is 220 g/mol. The monoisotopic (exact) mass is 220 g/mol. The summed E-state index contributed by atoms with van der Waals surface area (Å²) < 4.78 is 0. The zero-order chi connectivity index (χ0) is 12.0. The van der Waals surface area contributed by atoms with E-state index in [0.717, 1.165) is 19.6 Å². The molecule has 0 fully saturated rings. The van der Waals surface area contributed by atoms with Gasteiger partial charge in [0.05, 0.1) is 0 Å². The fourth-order valence-electron chi connectivity index (χ4n) is 2.04. The molecule has 0 saturated carbocycles. The summed E-state index contributed by atoms with van der Waals surface area (Å²) in [6, 6.07) is 10.7. The molecule has 0 aliphatic rings. The third-order valence-electron chi connectivity index (χ3n) is 2.96. The van der Waals surface area contributed by atoms with Crippen molar-refractivity contribution in [1.82, 2.24) is 10.2 Å². The first kappa shape index (κ1) is 13.2. The minimum absolute atomic E-state index is 0.212. The Morgan fingerprint density at radius 2 is 1.81 bits per heavy atom. The number of benzene rings is 1. The van der Waals surface area contributed by atoms with Crippen LogP contribution in [0.1, 0.15) is 19.4 Å². The highest BCUT2D eigenvalue weighted by atomic mass is 15.1. The van der Waals surface area contributed by atoms with E-state index in [2.05, 4.69) is 61.4 Å². The molecule has 0 aliphatic carbocycles. The van der Waals surface area contributed by atoms with E-state index in [9.17, 15) is 0 Å². The van der Waals surface area contributed by atoms with Crippen LogP contribution >= 0.6 is 0 Å². The quantitative estimate of drug-likeness (QED) is 0.790. The molecule has 0 saturated heterocycles. The second-order valence-corrected chi connectivity index (χ2v) is 5.09. The zero-order valence-electron chi connectivity index (χ0n) is 11.0. The van der Waals surface area contributed by atoms with Crippen LogP contribution in [0.3, 0.4) is 0 Å². The molecule has 1 rings (SSSR count). The summed E-state index contributed by atoms with van der Waals surface area (Å²) in [5.41, 5.74) is 1.62. The highest BCUT2D eigenvalue weighted by Crippen LogP contribution is 2.23. The zero-order valence-corrected chi connectivity index (χ0v) is 11.0. The summed E-state index contributed by atoms with van der Waals surface area (Å²) in [6.07, 6.45) is 0. The lowest BCUT2D eigenvalue weighted by Crippen LogP contribution is -2.37. The molecule has 0 amide bonds. The van der Waals surface area contributed by atoms with E-state index in [1.807, 2.05) is 7.05 Å². The Morgan fingerprint density at radius 1 is 1.19 bits per heavy atom. The predicted molar refractivity (Wildman–Crippen MR) is 70.9 cm³/mol. The van der Waals surface area contributed by atoms with Crippen molar-refractivity contribution in [3.63, 3.8) is 0 Å². The van der Waals surface area contributed by atoms with Crippen molar-refractivity contribution in [3.8, 4) is 0 Å². The van der Waals surface area contributed by atoms with Crippen molar-refractivity contribution >= 4 is 0 Å². The largest absolute Gasteiger partial charge is 0.318 e. The molecule has 0 aliphatic heterocycles. The number of hydrogen-bond acceptors (Lipinski definition) is 2. The maximum absolute atomic E-state index is 3.18. The molecule has 90 valence electrons. The summed E-state index contributed by atoms with van der Waals surface area (Å²) in [5, 5.41) is 3.18. The first-order valence-corrected chi connectivity index (χ1v) is 5.95. The topological polar surface area (TPSA) is 15.3 Å². The van der Waals surface area contributed by atoms with Crippen LogP contribution in [-0.2, 0) is 5.41 Å². The second kappa shape index (κ2) is 6.02. The predicted octanol–water partition coefficient (Wildman–Crippen LogP) is 2.12. The maximum Gasteiger partial charge on any atom is 0.0104 e. The summed E-state index contributed by atoms with van der Waals surface area (Å²) in [6.45, 7) is 7.82. The molecule has 0 radical (unpaired) electrons. The second-order valence-electron chi connectivity index (χ2n) is 5.09. The van der Waals surface area contributed by atoms with Crippen LogP contribution in [0.25, 0.3) is 0 Å². The van der Waals surface area contributed by atoms with Crippen molar-refractivity contribution in [1.29, 1.82) is 0 Å². The number of rotatable bonds is 6. The standard InChI is InChI=1S/C14H24N2/c1-14(2,12-16(4)11-10-15-3)13-8-6-5-7-9-13/h5-9,15H,10-12H2,1-4H3. The third kappa shape index (κ3) is 3.95. The molecule has 1 N–H and O–H groups in total. The van der Waals surface area contributed by atoms with E-state index in [1.54, 1.807) is 0 Å². The molecule has 2 nitrogen and oxygen atoms in total. The fourth-order valence-corrected chi connectivity index (χ4v) is 2.04. The Balaban J connectivity index is 2.58. The van der Waals surface area contributed by atoms with Crippen LogP contribution in [0.2, 0.25) is 0 Å². The number of nitrogens with zero attached hydrogens (tertiary/aromatic N) is 1. The minimum Gasteiger partial charge on any atom is -0.318 e. The van der Waals surface area contributed by atoms with Gasteiger partial charge in [0.15, 0.2) is 0 Å². The van der Waals surface area contributed by atoms with Crippen molar-refractivity contribution < 1.29 is 0 Å². The molecule has 1 aromatic rings. The molecular formula is C14H24N2. The number of nitrogens with one attached hydrogen (secondary N) is 1. The van der Waals surface area contributed by atoms with Gasteiger partial charge >= 0.3 is 0 Å². The van der Waals surface area contributed by atoms with Crippen molar-refractivity contribution in [2.45, 2.75) is 19.3 Å². The van der Waals surface area contributed by atoms with Crippen LogP contribution in [0.4, 0.5) is 0 Å². The highest BCUT2D eigenvalue weighted by molar-refractivity contribution is 5.23. The molecule has 1 aromatic carbocycles. The van der Waals surface area contributed by atoms with Gasteiger partial charge < -0.3 is 10.2 Å². The summed E-state index contributed by atoms with van der Waals surface area (Å²) in [4.78, 5) is 2.38. The molecule has 0 aromatic heterocycles. The van der Waals surface area contributed by atoms with E-state index in [4.69, 9.17) is 0 Å². The van der Waals surface area contributed by atoms with E-state index in [-0.39, 0.29) is 5.41 Å². The summed E-state index contributed by atoms with van der Waals surface area (Å²) in [5.74, 6) is 0. The smallest absolute Gasteiger partial charge is 0.0104 e. The van der Waals surface area contributed by atoms with Crippen molar-refractivity contribution in [3.05, 3.63) is 35.9 Å². The van der Waals surface area contributed by atoms with E-state index < -0.39 is 0 Å². The lowest BCUT2D eigenvalue weighted by atomic mass is 9.84. The summed E-state index contributed by atoms with van der Waals surface area (Å²) >= 11 is 0. The first-order valence-electron chi connectivity index (χ1n) is 5.95. The van der Waals surface area contributed by atoms with Gasteiger partial charge in [0.2, 0.25) is 0 Å². The average Bonchev–Trinajstić information content (AvgIpc) is 2.27. The van der Waals surface area contributed by atoms with Crippen LogP contribution in [-0.4, -0.2) is 38.6 Å². The third-order valence-corrected chi connectivity index (χ3v) is 2.96. The Kier molecular flexibility index (Phi) is 4.97. The molecule has 0 heterocycles. The van der Waals surface area contributed by atoms with Gasteiger partial charge in [-0.2, -0.15) is 0 Å². The van der Waals surface area contributed by atoms with Gasteiger partial charge in [0, 0.05) is 25.0 Å². The van der Waals surface area contributed by atoms with Crippen LogP contribution in [0.5, 0.6) is 0 Å². The lowest BCUT2D eigenvalue weighted by molar-refractivity contribution is 0.269. The Hall–Kier alpha value is -0.860. The molecular weight excluding hydrogens is 196 g/mol. The summed E-state index contributed by atoms with van der Waals surface area (Å²) in [7, 11) is 4.18. The SMILES string of the molecule is CNCCN(C)CC(C)(C)c1ccccc1. The molecule has 16 heavy (non-hydrogen) atoms. The Bertz CT molecular complexity index is 293.